The average molecular weight is 344 g/mol. The van der Waals surface area contributed by atoms with Gasteiger partial charge in [-0.25, -0.2) is 9.97 Å². The van der Waals surface area contributed by atoms with Crippen LogP contribution in [0.25, 0.3) is 10.3 Å². The number of thiazole rings is 1. The number of para-hydroxylation sites is 1. The van der Waals surface area contributed by atoms with E-state index in [1.165, 1.54) is 17.5 Å². The number of carbonyl (C=O) groups excluding carboxylic acids is 1. The SMILES string of the molecule is CCc1ccccc1Nc1c(C(N)=O)cnc2sc(SC)nc12. The summed E-state index contributed by atoms with van der Waals surface area (Å²) in [4.78, 5) is 21.5. The zero-order valence-corrected chi connectivity index (χ0v) is 14.4. The minimum atomic E-state index is -0.519. The van der Waals surface area contributed by atoms with Crippen LogP contribution in [-0.4, -0.2) is 22.1 Å². The number of nitrogens with two attached hydrogens (primary N) is 1. The van der Waals surface area contributed by atoms with E-state index >= 15 is 0 Å². The Bertz CT molecular complexity index is 876. The largest absolute Gasteiger partial charge is 0.365 e. The highest BCUT2D eigenvalue weighted by Crippen LogP contribution is 2.35. The Hall–Kier alpha value is -2.12. The van der Waals surface area contributed by atoms with Crippen molar-refractivity contribution in [3.8, 4) is 0 Å². The van der Waals surface area contributed by atoms with E-state index in [1.54, 1.807) is 11.8 Å². The lowest BCUT2D eigenvalue weighted by atomic mass is 10.1. The van der Waals surface area contributed by atoms with Gasteiger partial charge in [-0.1, -0.05) is 48.2 Å². The molecule has 1 aromatic carbocycles. The molecule has 1 amide bonds. The second-order valence-corrected chi connectivity index (χ2v) is 6.92. The van der Waals surface area contributed by atoms with Crippen LogP contribution >= 0.6 is 23.1 Å². The van der Waals surface area contributed by atoms with Gasteiger partial charge in [0.05, 0.1) is 11.3 Å². The van der Waals surface area contributed by atoms with E-state index in [1.807, 2.05) is 24.5 Å². The molecule has 0 aliphatic rings. The number of aromatic nitrogens is 2. The molecule has 2 heterocycles. The summed E-state index contributed by atoms with van der Waals surface area (Å²) in [7, 11) is 0. The first-order valence-corrected chi connectivity index (χ1v) is 9.16. The molecule has 3 N–H and O–H groups in total. The van der Waals surface area contributed by atoms with Crippen molar-refractivity contribution in [3.63, 3.8) is 0 Å². The maximum absolute atomic E-state index is 11.8. The van der Waals surface area contributed by atoms with Crippen molar-refractivity contribution in [2.45, 2.75) is 17.7 Å². The average Bonchev–Trinajstić information content (AvgIpc) is 2.99. The number of nitrogens with zero attached hydrogens (tertiary/aromatic N) is 2. The zero-order valence-electron chi connectivity index (χ0n) is 12.8. The number of amides is 1. The third kappa shape index (κ3) is 3.02. The Morgan fingerprint density at radius 1 is 1.39 bits per heavy atom. The van der Waals surface area contributed by atoms with Gasteiger partial charge in [-0.15, -0.1) is 0 Å². The molecule has 0 saturated carbocycles. The summed E-state index contributed by atoms with van der Waals surface area (Å²) >= 11 is 3.06. The maximum atomic E-state index is 11.8. The molecule has 23 heavy (non-hydrogen) atoms. The number of rotatable bonds is 5. The molecule has 0 saturated heterocycles. The molecular weight excluding hydrogens is 328 g/mol. The fraction of sp³-hybridized carbons (Fsp3) is 0.188. The topological polar surface area (TPSA) is 80.9 Å². The van der Waals surface area contributed by atoms with Gasteiger partial charge in [-0.2, -0.15) is 0 Å². The predicted molar refractivity (Wildman–Crippen MR) is 96.8 cm³/mol. The third-order valence-electron chi connectivity index (χ3n) is 3.50. The lowest BCUT2D eigenvalue weighted by Crippen LogP contribution is -2.14. The van der Waals surface area contributed by atoms with Crippen LogP contribution in [0.15, 0.2) is 34.8 Å². The summed E-state index contributed by atoms with van der Waals surface area (Å²) in [5.74, 6) is -0.519. The van der Waals surface area contributed by atoms with Gasteiger partial charge in [-0.3, -0.25) is 4.79 Å². The Balaban J connectivity index is 2.18. The lowest BCUT2D eigenvalue weighted by molar-refractivity contribution is 0.100. The summed E-state index contributed by atoms with van der Waals surface area (Å²) in [6.07, 6.45) is 4.37. The number of nitrogens with one attached hydrogen (secondary N) is 1. The first kappa shape index (κ1) is 15.8. The number of primary amides is 1. The number of benzene rings is 1. The molecule has 0 bridgehead atoms. The van der Waals surface area contributed by atoms with Crippen molar-refractivity contribution in [2.24, 2.45) is 5.73 Å². The van der Waals surface area contributed by atoms with E-state index in [-0.39, 0.29) is 0 Å². The van der Waals surface area contributed by atoms with Crippen LogP contribution in [0, 0.1) is 0 Å². The molecule has 5 nitrogen and oxygen atoms in total. The molecule has 0 unspecified atom stereocenters. The van der Waals surface area contributed by atoms with E-state index in [2.05, 4.69) is 28.3 Å². The highest BCUT2D eigenvalue weighted by atomic mass is 32.2. The van der Waals surface area contributed by atoms with Crippen LogP contribution in [-0.2, 0) is 6.42 Å². The smallest absolute Gasteiger partial charge is 0.252 e. The lowest BCUT2D eigenvalue weighted by Gasteiger charge is -2.13. The van der Waals surface area contributed by atoms with Gasteiger partial charge in [0.1, 0.15) is 10.3 Å². The van der Waals surface area contributed by atoms with Crippen molar-refractivity contribution in [3.05, 3.63) is 41.6 Å². The fourth-order valence-electron chi connectivity index (χ4n) is 2.34. The van der Waals surface area contributed by atoms with Gasteiger partial charge in [0.25, 0.3) is 5.91 Å². The molecule has 3 rings (SSSR count). The van der Waals surface area contributed by atoms with Gasteiger partial charge in [0.2, 0.25) is 0 Å². The van der Waals surface area contributed by atoms with E-state index in [4.69, 9.17) is 5.73 Å². The minimum absolute atomic E-state index is 0.348. The summed E-state index contributed by atoms with van der Waals surface area (Å²) in [5, 5.41) is 3.35. The van der Waals surface area contributed by atoms with Crippen molar-refractivity contribution >= 4 is 50.7 Å². The van der Waals surface area contributed by atoms with Crippen LogP contribution in [0.5, 0.6) is 0 Å². The standard InChI is InChI=1S/C16H16N4OS2/c1-3-9-6-4-5-7-11(9)19-12-10(14(17)21)8-18-15-13(12)20-16(22-2)23-15/h4-8H,3H2,1-2H3,(H2,17,21)(H,18,19). The maximum Gasteiger partial charge on any atom is 0.252 e. The summed E-state index contributed by atoms with van der Waals surface area (Å²) < 4.78 is 0.904. The number of pyridine rings is 1. The Morgan fingerprint density at radius 3 is 2.87 bits per heavy atom. The van der Waals surface area contributed by atoms with Crippen molar-refractivity contribution in [2.75, 3.05) is 11.6 Å². The molecule has 0 aliphatic heterocycles. The first-order chi connectivity index (χ1) is 11.1. The molecule has 0 atom stereocenters. The molecule has 0 fully saturated rings. The van der Waals surface area contributed by atoms with E-state index in [0.29, 0.717) is 16.8 Å². The molecular formula is C16H16N4OS2. The molecule has 0 radical (unpaired) electrons. The minimum Gasteiger partial charge on any atom is -0.365 e. The number of aryl methyl sites for hydroxylation is 1. The van der Waals surface area contributed by atoms with Gasteiger partial charge in [-0.05, 0) is 24.3 Å². The zero-order chi connectivity index (χ0) is 16.4. The van der Waals surface area contributed by atoms with E-state index < -0.39 is 5.91 Å². The monoisotopic (exact) mass is 344 g/mol. The first-order valence-electron chi connectivity index (χ1n) is 7.12. The summed E-state index contributed by atoms with van der Waals surface area (Å²) in [6.45, 7) is 2.09. The Kier molecular flexibility index (Phi) is 4.49. The number of carbonyl (C=O) groups is 1. The number of hydrogen-bond donors (Lipinski definition) is 2. The number of thioether (sulfide) groups is 1. The number of hydrogen-bond acceptors (Lipinski definition) is 6. The van der Waals surface area contributed by atoms with Gasteiger partial charge in [0.15, 0.2) is 4.34 Å². The van der Waals surface area contributed by atoms with Crippen molar-refractivity contribution in [1.29, 1.82) is 0 Å². The molecule has 2 aromatic heterocycles. The second kappa shape index (κ2) is 6.55. The normalized spacial score (nSPS) is 10.9. The molecule has 3 aromatic rings. The van der Waals surface area contributed by atoms with Crippen molar-refractivity contribution in [1.82, 2.24) is 9.97 Å². The van der Waals surface area contributed by atoms with Crippen LogP contribution in [0.2, 0.25) is 0 Å². The Labute approximate surface area is 142 Å². The highest BCUT2D eigenvalue weighted by Gasteiger charge is 2.18. The number of anilines is 2. The predicted octanol–water partition coefficient (Wildman–Crippen LogP) is 3.82. The van der Waals surface area contributed by atoms with Gasteiger partial charge < -0.3 is 11.1 Å². The number of fused-ring (bicyclic) bond motifs is 1. The summed E-state index contributed by atoms with van der Waals surface area (Å²) in [5.41, 5.74) is 9.28. The van der Waals surface area contributed by atoms with Crippen molar-refractivity contribution < 1.29 is 4.79 Å². The quantitative estimate of drug-likeness (QED) is 0.688. The fourth-order valence-corrected chi connectivity index (χ4v) is 3.75. The van der Waals surface area contributed by atoms with Crippen LogP contribution < -0.4 is 11.1 Å². The van der Waals surface area contributed by atoms with E-state index in [0.717, 1.165) is 26.8 Å². The molecule has 7 heteroatoms. The highest BCUT2D eigenvalue weighted by molar-refractivity contribution is 8.00. The van der Waals surface area contributed by atoms with Gasteiger partial charge >= 0.3 is 0 Å². The third-order valence-corrected chi connectivity index (χ3v) is 5.45. The van der Waals surface area contributed by atoms with Gasteiger partial charge in [0, 0.05) is 11.9 Å². The second-order valence-electron chi connectivity index (χ2n) is 4.88. The van der Waals surface area contributed by atoms with E-state index in [9.17, 15) is 4.79 Å². The van der Waals surface area contributed by atoms with Crippen LogP contribution in [0.3, 0.4) is 0 Å². The van der Waals surface area contributed by atoms with Crippen LogP contribution in [0.1, 0.15) is 22.8 Å². The molecule has 0 aliphatic carbocycles. The Morgan fingerprint density at radius 2 is 2.17 bits per heavy atom. The van der Waals surface area contributed by atoms with Crippen LogP contribution in [0.4, 0.5) is 11.4 Å². The molecule has 118 valence electrons. The molecule has 0 spiro atoms. The summed E-state index contributed by atoms with van der Waals surface area (Å²) in [6, 6.07) is 7.99.